The van der Waals surface area contributed by atoms with Crippen LogP contribution in [0.4, 0.5) is 4.39 Å². The van der Waals surface area contributed by atoms with Crippen LogP contribution in [-0.2, 0) is 0 Å². The van der Waals surface area contributed by atoms with Crippen molar-refractivity contribution in [2.75, 3.05) is 0 Å². The fourth-order valence-electron chi connectivity index (χ4n) is 1.67. The van der Waals surface area contributed by atoms with Crippen molar-refractivity contribution in [2.45, 2.75) is 19.8 Å². The minimum absolute atomic E-state index is 0.146. The highest BCUT2D eigenvalue weighted by atomic mass is 127. The van der Waals surface area contributed by atoms with Crippen LogP contribution in [0.15, 0.2) is 27.5 Å². The smallest absolute Gasteiger partial charge is 0.264 e. The zero-order valence-corrected chi connectivity index (χ0v) is 14.0. The minimum Gasteiger partial charge on any atom is -0.306 e. The van der Waals surface area contributed by atoms with E-state index in [4.69, 9.17) is 0 Å². The summed E-state index contributed by atoms with van der Waals surface area (Å²) in [7, 11) is 0. The SMILES string of the molecule is CC(C)c1nc(-c2ccc(F)cc2Br)[nH]c(=O)c1I. The lowest BCUT2D eigenvalue weighted by molar-refractivity contribution is 0.627. The van der Waals surface area contributed by atoms with Crippen LogP contribution in [0.25, 0.3) is 11.4 Å². The summed E-state index contributed by atoms with van der Waals surface area (Å²) in [5.41, 5.74) is 1.23. The Hall–Kier alpha value is -0.760. The molecule has 3 nitrogen and oxygen atoms in total. The van der Waals surface area contributed by atoms with E-state index < -0.39 is 0 Å². The van der Waals surface area contributed by atoms with Gasteiger partial charge in [0.1, 0.15) is 11.6 Å². The summed E-state index contributed by atoms with van der Waals surface area (Å²) in [6.07, 6.45) is 0. The second-order valence-electron chi connectivity index (χ2n) is 4.39. The van der Waals surface area contributed by atoms with Gasteiger partial charge in [-0.15, -0.1) is 0 Å². The predicted octanol–water partition coefficient (Wildman–Crippen LogP) is 4.07. The third kappa shape index (κ3) is 3.05. The number of nitrogens with one attached hydrogen (secondary N) is 1. The summed E-state index contributed by atoms with van der Waals surface area (Å²) in [6, 6.07) is 4.28. The number of benzene rings is 1. The van der Waals surface area contributed by atoms with E-state index in [1.54, 1.807) is 6.07 Å². The molecule has 0 saturated heterocycles. The number of nitrogens with zero attached hydrogens (tertiary/aromatic N) is 1. The van der Waals surface area contributed by atoms with Crippen LogP contribution in [0.2, 0.25) is 0 Å². The quantitative estimate of drug-likeness (QED) is 0.721. The second-order valence-corrected chi connectivity index (χ2v) is 6.33. The largest absolute Gasteiger partial charge is 0.306 e. The Balaban J connectivity index is 2.66. The highest BCUT2D eigenvalue weighted by Gasteiger charge is 2.14. The first-order chi connectivity index (χ1) is 8.90. The Morgan fingerprint density at radius 2 is 2.11 bits per heavy atom. The van der Waals surface area contributed by atoms with E-state index in [0.29, 0.717) is 19.4 Å². The van der Waals surface area contributed by atoms with Crippen molar-refractivity contribution in [1.29, 1.82) is 0 Å². The molecule has 1 aromatic carbocycles. The lowest BCUT2D eigenvalue weighted by Crippen LogP contribution is -2.17. The Morgan fingerprint density at radius 3 is 2.68 bits per heavy atom. The number of aromatic nitrogens is 2. The van der Waals surface area contributed by atoms with E-state index in [-0.39, 0.29) is 17.3 Å². The molecule has 19 heavy (non-hydrogen) atoms. The molecule has 0 bridgehead atoms. The Bertz CT molecular complexity index is 685. The van der Waals surface area contributed by atoms with Gasteiger partial charge in [0.2, 0.25) is 0 Å². The van der Waals surface area contributed by atoms with Gasteiger partial charge in [0.15, 0.2) is 0 Å². The summed E-state index contributed by atoms with van der Waals surface area (Å²) in [6.45, 7) is 3.96. The summed E-state index contributed by atoms with van der Waals surface area (Å²) < 4.78 is 14.2. The number of hydrogen-bond acceptors (Lipinski definition) is 2. The number of halogens is 3. The molecule has 0 atom stereocenters. The van der Waals surface area contributed by atoms with Gasteiger partial charge in [0.05, 0.1) is 9.26 Å². The van der Waals surface area contributed by atoms with Crippen LogP contribution in [0, 0.1) is 9.39 Å². The zero-order chi connectivity index (χ0) is 14.2. The van der Waals surface area contributed by atoms with Crippen molar-refractivity contribution >= 4 is 38.5 Å². The van der Waals surface area contributed by atoms with Crippen molar-refractivity contribution < 1.29 is 4.39 Å². The number of hydrogen-bond donors (Lipinski definition) is 1. The molecule has 0 spiro atoms. The lowest BCUT2D eigenvalue weighted by atomic mass is 10.1. The maximum atomic E-state index is 13.1. The van der Waals surface area contributed by atoms with Crippen LogP contribution in [0.1, 0.15) is 25.5 Å². The average molecular weight is 437 g/mol. The highest BCUT2D eigenvalue weighted by Crippen LogP contribution is 2.27. The molecule has 2 aromatic rings. The van der Waals surface area contributed by atoms with Crippen LogP contribution in [0.3, 0.4) is 0 Å². The first kappa shape index (κ1) is 14.6. The minimum atomic E-state index is -0.340. The molecule has 1 heterocycles. The molecular weight excluding hydrogens is 426 g/mol. The fourth-order valence-corrected chi connectivity index (χ4v) is 3.08. The molecule has 0 radical (unpaired) electrons. The first-order valence-electron chi connectivity index (χ1n) is 5.65. The van der Waals surface area contributed by atoms with E-state index in [1.165, 1.54) is 12.1 Å². The Labute approximate surface area is 131 Å². The van der Waals surface area contributed by atoms with Gasteiger partial charge < -0.3 is 4.98 Å². The average Bonchev–Trinajstić information content (AvgIpc) is 2.32. The van der Waals surface area contributed by atoms with E-state index in [2.05, 4.69) is 25.9 Å². The molecule has 6 heteroatoms. The third-order valence-electron chi connectivity index (χ3n) is 2.62. The molecule has 1 aromatic heterocycles. The molecule has 1 N–H and O–H groups in total. The topological polar surface area (TPSA) is 45.8 Å². The molecular formula is C13H11BrFIN2O. The van der Waals surface area contributed by atoms with Gasteiger partial charge in [-0.2, -0.15) is 0 Å². The van der Waals surface area contributed by atoms with Crippen LogP contribution >= 0.6 is 38.5 Å². The summed E-state index contributed by atoms with van der Waals surface area (Å²) in [4.78, 5) is 19.1. The molecule has 100 valence electrons. The summed E-state index contributed by atoms with van der Waals surface area (Å²) >= 11 is 5.28. The van der Waals surface area contributed by atoms with Crippen molar-refractivity contribution in [2.24, 2.45) is 0 Å². The number of H-pyrrole nitrogens is 1. The van der Waals surface area contributed by atoms with Gasteiger partial charge in [-0.05, 0) is 62.6 Å². The van der Waals surface area contributed by atoms with Gasteiger partial charge in [-0.25, -0.2) is 9.37 Å². The predicted molar refractivity (Wildman–Crippen MR) is 84.8 cm³/mol. The molecule has 0 fully saturated rings. The highest BCUT2D eigenvalue weighted by molar-refractivity contribution is 14.1. The Kier molecular flexibility index (Phi) is 4.39. The van der Waals surface area contributed by atoms with E-state index in [1.807, 2.05) is 36.4 Å². The van der Waals surface area contributed by atoms with Crippen LogP contribution in [0.5, 0.6) is 0 Å². The van der Waals surface area contributed by atoms with Crippen LogP contribution in [-0.4, -0.2) is 9.97 Å². The molecule has 0 aliphatic heterocycles. The van der Waals surface area contributed by atoms with Crippen molar-refractivity contribution in [3.63, 3.8) is 0 Å². The molecule has 0 saturated carbocycles. The van der Waals surface area contributed by atoms with E-state index in [0.717, 1.165) is 5.69 Å². The number of aromatic amines is 1. The second kappa shape index (κ2) is 5.70. The molecule has 0 amide bonds. The molecule has 2 rings (SSSR count). The Morgan fingerprint density at radius 1 is 1.42 bits per heavy atom. The van der Waals surface area contributed by atoms with Gasteiger partial charge in [0.25, 0.3) is 5.56 Å². The normalized spacial score (nSPS) is 11.1. The summed E-state index contributed by atoms with van der Waals surface area (Å²) in [5.74, 6) is 0.251. The molecule has 0 aliphatic rings. The molecule has 0 aliphatic carbocycles. The fraction of sp³-hybridized carbons (Fsp3) is 0.231. The van der Waals surface area contributed by atoms with Gasteiger partial charge in [0, 0.05) is 10.0 Å². The lowest BCUT2D eigenvalue weighted by Gasteiger charge is -2.10. The molecule has 0 unspecified atom stereocenters. The monoisotopic (exact) mass is 436 g/mol. The van der Waals surface area contributed by atoms with Crippen molar-refractivity contribution in [3.05, 3.63) is 48.1 Å². The standard InChI is InChI=1S/C13H11BrFIN2O/c1-6(2)11-10(16)13(19)18-12(17-11)8-4-3-7(15)5-9(8)14/h3-6H,1-2H3,(H,17,18,19). The van der Waals surface area contributed by atoms with Crippen LogP contribution < -0.4 is 5.56 Å². The maximum Gasteiger partial charge on any atom is 0.264 e. The third-order valence-corrected chi connectivity index (χ3v) is 4.32. The zero-order valence-electron chi connectivity index (χ0n) is 10.3. The van der Waals surface area contributed by atoms with E-state index in [9.17, 15) is 9.18 Å². The van der Waals surface area contributed by atoms with Gasteiger partial charge >= 0.3 is 0 Å². The maximum absolute atomic E-state index is 13.1. The van der Waals surface area contributed by atoms with Gasteiger partial charge in [-0.3, -0.25) is 4.79 Å². The van der Waals surface area contributed by atoms with Gasteiger partial charge in [-0.1, -0.05) is 13.8 Å². The van der Waals surface area contributed by atoms with E-state index >= 15 is 0 Å². The number of rotatable bonds is 2. The van der Waals surface area contributed by atoms with Crippen molar-refractivity contribution in [3.8, 4) is 11.4 Å². The summed E-state index contributed by atoms with van der Waals surface area (Å²) in [5, 5.41) is 0. The first-order valence-corrected chi connectivity index (χ1v) is 7.52. The van der Waals surface area contributed by atoms with Crippen molar-refractivity contribution in [1.82, 2.24) is 9.97 Å².